The molecule has 2 N–H and O–H groups in total. The maximum absolute atomic E-state index is 5.94. The van der Waals surface area contributed by atoms with Crippen molar-refractivity contribution in [2.24, 2.45) is 0 Å². The van der Waals surface area contributed by atoms with Crippen LogP contribution in [0, 0.1) is 0 Å². The molecule has 2 heterocycles. The Hall–Kier alpha value is -0.360. The van der Waals surface area contributed by atoms with E-state index in [2.05, 4.69) is 31.4 Å². The Kier molecular flexibility index (Phi) is 3.80. The third-order valence-corrected chi connectivity index (χ3v) is 4.34. The van der Waals surface area contributed by atoms with Gasteiger partial charge in [-0.1, -0.05) is 11.6 Å². The maximum atomic E-state index is 5.94. The summed E-state index contributed by atoms with van der Waals surface area (Å²) < 4.78 is 1.76. The van der Waals surface area contributed by atoms with E-state index in [1.807, 2.05) is 12.1 Å². The summed E-state index contributed by atoms with van der Waals surface area (Å²) >= 11 is 10.9. The largest absolute Gasteiger partial charge is 0.306 e. The SMILES string of the molecule is Clc1sc(CNCc2ccn[nH]2)cc1Br. The van der Waals surface area contributed by atoms with E-state index in [1.54, 1.807) is 17.5 Å². The van der Waals surface area contributed by atoms with Crippen molar-refractivity contribution in [3.05, 3.63) is 37.7 Å². The highest BCUT2D eigenvalue weighted by Gasteiger charge is 2.03. The molecule has 3 nitrogen and oxygen atoms in total. The minimum absolute atomic E-state index is 0.785. The Labute approximate surface area is 105 Å². The zero-order valence-electron chi connectivity index (χ0n) is 7.76. The van der Waals surface area contributed by atoms with E-state index in [0.29, 0.717) is 0 Å². The van der Waals surface area contributed by atoms with Crippen LogP contribution < -0.4 is 5.32 Å². The number of halogens is 2. The first-order valence-corrected chi connectivity index (χ1v) is 6.37. The normalized spacial score (nSPS) is 10.8. The third kappa shape index (κ3) is 3.04. The molecule has 0 saturated heterocycles. The van der Waals surface area contributed by atoms with Gasteiger partial charge < -0.3 is 5.32 Å². The van der Waals surface area contributed by atoms with E-state index in [0.717, 1.165) is 27.6 Å². The highest BCUT2D eigenvalue weighted by atomic mass is 79.9. The molecule has 0 bridgehead atoms. The molecule has 2 aromatic heterocycles. The van der Waals surface area contributed by atoms with Crippen LogP contribution in [-0.4, -0.2) is 10.2 Å². The summed E-state index contributed by atoms with van der Waals surface area (Å²) in [7, 11) is 0. The molecule has 2 rings (SSSR count). The van der Waals surface area contributed by atoms with Crippen LogP contribution in [0.15, 0.2) is 22.8 Å². The van der Waals surface area contributed by atoms with Crippen LogP contribution in [0.4, 0.5) is 0 Å². The molecule has 0 aromatic carbocycles. The molecule has 0 atom stereocenters. The van der Waals surface area contributed by atoms with Gasteiger partial charge in [-0.3, -0.25) is 5.10 Å². The standard InChI is InChI=1S/C9H9BrClN3S/c10-8-3-7(15-9(8)11)5-12-4-6-1-2-13-14-6/h1-3,12H,4-5H2,(H,13,14). The Morgan fingerprint density at radius 1 is 1.53 bits per heavy atom. The van der Waals surface area contributed by atoms with E-state index in [1.165, 1.54) is 4.88 Å². The Morgan fingerprint density at radius 3 is 3.00 bits per heavy atom. The number of nitrogens with zero attached hydrogens (tertiary/aromatic N) is 1. The van der Waals surface area contributed by atoms with Gasteiger partial charge in [0.05, 0.1) is 0 Å². The molecule has 2 aromatic rings. The number of aromatic nitrogens is 2. The Morgan fingerprint density at radius 2 is 2.40 bits per heavy atom. The predicted octanol–water partition coefficient (Wildman–Crippen LogP) is 3.18. The fourth-order valence-electron chi connectivity index (χ4n) is 1.18. The van der Waals surface area contributed by atoms with Gasteiger partial charge in [-0.15, -0.1) is 11.3 Å². The first-order chi connectivity index (χ1) is 7.25. The number of aromatic amines is 1. The second kappa shape index (κ2) is 5.12. The molecule has 0 unspecified atom stereocenters. The van der Waals surface area contributed by atoms with E-state index in [-0.39, 0.29) is 0 Å². The molecule has 0 aliphatic carbocycles. The van der Waals surface area contributed by atoms with Gasteiger partial charge in [0.15, 0.2) is 0 Å². The summed E-state index contributed by atoms with van der Waals surface area (Å²) in [6, 6.07) is 3.98. The number of nitrogens with one attached hydrogen (secondary N) is 2. The minimum Gasteiger partial charge on any atom is -0.306 e. The van der Waals surface area contributed by atoms with E-state index < -0.39 is 0 Å². The second-order valence-electron chi connectivity index (χ2n) is 3.02. The summed E-state index contributed by atoms with van der Waals surface area (Å²) in [6.45, 7) is 1.60. The van der Waals surface area contributed by atoms with Crippen molar-refractivity contribution in [3.8, 4) is 0 Å². The molecule has 0 radical (unpaired) electrons. The average Bonchev–Trinajstić information content (AvgIpc) is 2.79. The fourth-order valence-corrected chi connectivity index (χ4v) is 2.94. The van der Waals surface area contributed by atoms with Crippen molar-refractivity contribution >= 4 is 38.9 Å². The molecule has 80 valence electrons. The van der Waals surface area contributed by atoms with Crippen LogP contribution in [-0.2, 0) is 13.1 Å². The summed E-state index contributed by atoms with van der Waals surface area (Å²) in [4.78, 5) is 1.21. The quantitative estimate of drug-likeness (QED) is 0.911. The highest BCUT2D eigenvalue weighted by Crippen LogP contribution is 2.31. The first kappa shape index (κ1) is 11.1. The maximum Gasteiger partial charge on any atom is 0.107 e. The number of hydrogen-bond acceptors (Lipinski definition) is 3. The first-order valence-electron chi connectivity index (χ1n) is 4.38. The summed E-state index contributed by atoms with van der Waals surface area (Å²) in [5, 5.41) is 10.1. The molecular weight excluding hydrogens is 298 g/mol. The van der Waals surface area contributed by atoms with Crippen molar-refractivity contribution in [1.29, 1.82) is 0 Å². The summed E-state index contributed by atoms with van der Waals surface area (Å²) in [6.07, 6.45) is 1.75. The zero-order chi connectivity index (χ0) is 10.7. The molecule has 0 aliphatic rings. The molecule has 15 heavy (non-hydrogen) atoms. The zero-order valence-corrected chi connectivity index (χ0v) is 10.9. The van der Waals surface area contributed by atoms with Gasteiger partial charge in [0.1, 0.15) is 4.34 Å². The fraction of sp³-hybridized carbons (Fsp3) is 0.222. The number of H-pyrrole nitrogens is 1. The lowest BCUT2D eigenvalue weighted by atomic mass is 10.4. The average molecular weight is 307 g/mol. The van der Waals surface area contributed by atoms with E-state index in [4.69, 9.17) is 11.6 Å². The van der Waals surface area contributed by atoms with Crippen LogP contribution in [0.2, 0.25) is 4.34 Å². The lowest BCUT2D eigenvalue weighted by molar-refractivity contribution is 0.684. The van der Waals surface area contributed by atoms with E-state index >= 15 is 0 Å². The smallest absolute Gasteiger partial charge is 0.107 e. The predicted molar refractivity (Wildman–Crippen MR) is 66.2 cm³/mol. The van der Waals surface area contributed by atoms with Crippen molar-refractivity contribution in [2.75, 3.05) is 0 Å². The van der Waals surface area contributed by atoms with Gasteiger partial charge in [0.25, 0.3) is 0 Å². The second-order valence-corrected chi connectivity index (χ2v) is 5.61. The molecule has 6 heteroatoms. The van der Waals surface area contributed by atoms with E-state index in [9.17, 15) is 0 Å². The van der Waals surface area contributed by atoms with Gasteiger partial charge in [-0.05, 0) is 28.1 Å². The summed E-state index contributed by atoms with van der Waals surface area (Å²) in [5.41, 5.74) is 1.08. The van der Waals surface area contributed by atoms with Crippen LogP contribution in [0.5, 0.6) is 0 Å². The monoisotopic (exact) mass is 305 g/mol. The number of rotatable bonds is 4. The Bertz CT molecular complexity index is 407. The van der Waals surface area contributed by atoms with Crippen molar-refractivity contribution in [2.45, 2.75) is 13.1 Å². The molecule has 0 saturated carbocycles. The van der Waals surface area contributed by atoms with Crippen LogP contribution in [0.3, 0.4) is 0 Å². The molecule has 0 fully saturated rings. The van der Waals surface area contributed by atoms with Crippen molar-refractivity contribution in [3.63, 3.8) is 0 Å². The Balaban J connectivity index is 1.83. The van der Waals surface area contributed by atoms with Crippen molar-refractivity contribution in [1.82, 2.24) is 15.5 Å². The van der Waals surface area contributed by atoms with Gasteiger partial charge >= 0.3 is 0 Å². The van der Waals surface area contributed by atoms with Gasteiger partial charge in [0, 0.05) is 34.3 Å². The molecular formula is C9H9BrClN3S. The highest BCUT2D eigenvalue weighted by molar-refractivity contribution is 9.10. The van der Waals surface area contributed by atoms with Gasteiger partial charge in [-0.25, -0.2) is 0 Å². The third-order valence-electron chi connectivity index (χ3n) is 1.87. The summed E-state index contributed by atoms with van der Waals surface area (Å²) in [5.74, 6) is 0. The molecule has 0 spiro atoms. The van der Waals surface area contributed by atoms with Crippen LogP contribution in [0.1, 0.15) is 10.6 Å². The number of hydrogen-bond donors (Lipinski definition) is 2. The topological polar surface area (TPSA) is 40.7 Å². The molecule has 0 amide bonds. The van der Waals surface area contributed by atoms with Crippen LogP contribution in [0.25, 0.3) is 0 Å². The van der Waals surface area contributed by atoms with Gasteiger partial charge in [-0.2, -0.15) is 5.10 Å². The van der Waals surface area contributed by atoms with Crippen LogP contribution >= 0.6 is 38.9 Å². The lowest BCUT2D eigenvalue weighted by Gasteiger charge is -1.99. The van der Waals surface area contributed by atoms with Crippen molar-refractivity contribution < 1.29 is 0 Å². The number of thiophene rings is 1. The lowest BCUT2D eigenvalue weighted by Crippen LogP contribution is -2.11. The molecule has 0 aliphatic heterocycles. The van der Waals surface area contributed by atoms with Gasteiger partial charge in [0.2, 0.25) is 0 Å². The minimum atomic E-state index is 0.785.